The van der Waals surface area contributed by atoms with Gasteiger partial charge in [-0.25, -0.2) is 0 Å². The first kappa shape index (κ1) is 17.8. The van der Waals surface area contributed by atoms with Gasteiger partial charge >= 0.3 is 11.9 Å². The maximum absolute atomic E-state index is 11.5. The van der Waals surface area contributed by atoms with Gasteiger partial charge in [-0.1, -0.05) is 0 Å². The lowest BCUT2D eigenvalue weighted by molar-refractivity contribution is -0.144. The maximum Gasteiger partial charge on any atom is 0.321 e. The number of carbonyl (C=O) groups is 2. The van der Waals surface area contributed by atoms with Crippen LogP contribution in [0, 0.1) is 0 Å². The van der Waals surface area contributed by atoms with E-state index in [1.165, 1.54) is 0 Å². The second kappa shape index (κ2) is 8.08. The number of hydrogen-bond acceptors (Lipinski definition) is 5. The molecule has 9 heteroatoms. The van der Waals surface area contributed by atoms with Crippen molar-refractivity contribution >= 4 is 22.1 Å². The van der Waals surface area contributed by atoms with Crippen LogP contribution < -0.4 is 9.44 Å². The van der Waals surface area contributed by atoms with E-state index in [-0.39, 0.29) is 25.5 Å². The molecule has 0 aliphatic heterocycles. The van der Waals surface area contributed by atoms with Crippen molar-refractivity contribution < 1.29 is 27.9 Å². The van der Waals surface area contributed by atoms with E-state index in [0.717, 1.165) is 0 Å². The van der Waals surface area contributed by atoms with E-state index in [1.54, 1.807) is 20.8 Å². The summed E-state index contributed by atoms with van der Waals surface area (Å²) in [6, 6.07) is -1.74. The number of esters is 1. The molecule has 0 aromatic heterocycles. The van der Waals surface area contributed by atoms with Crippen molar-refractivity contribution in [1.29, 1.82) is 0 Å². The van der Waals surface area contributed by atoms with Gasteiger partial charge in [0.05, 0.1) is 6.61 Å². The highest BCUT2D eigenvalue weighted by Crippen LogP contribution is 2.02. The molecule has 0 aliphatic rings. The average Bonchev–Trinajstić information content (AvgIpc) is 2.22. The van der Waals surface area contributed by atoms with Crippen molar-refractivity contribution in [1.82, 2.24) is 9.44 Å². The molecule has 8 nitrogen and oxygen atoms in total. The standard InChI is InChI=1S/C10H20N2O6S/c1-4-18-9(13)6-5-8(10(14)15)12-19(16,17)11-7(2)3/h7-8,11-12H,4-6H2,1-3H3,(H,14,15)/t8-/m0/s1. The van der Waals surface area contributed by atoms with Gasteiger partial charge < -0.3 is 9.84 Å². The SMILES string of the molecule is CCOC(=O)CC[C@H](NS(=O)(=O)NC(C)C)C(=O)O. The van der Waals surface area contributed by atoms with E-state index < -0.39 is 28.2 Å². The summed E-state index contributed by atoms with van der Waals surface area (Å²) < 4.78 is 31.9. The van der Waals surface area contributed by atoms with Crippen molar-refractivity contribution in [2.24, 2.45) is 0 Å². The first-order valence-electron chi connectivity index (χ1n) is 5.86. The van der Waals surface area contributed by atoms with E-state index in [4.69, 9.17) is 5.11 Å². The molecule has 0 radical (unpaired) electrons. The fourth-order valence-corrected chi connectivity index (χ4v) is 2.54. The topological polar surface area (TPSA) is 122 Å². The third-order valence-electron chi connectivity index (χ3n) is 1.93. The number of carbonyl (C=O) groups excluding carboxylic acids is 1. The number of hydrogen-bond donors (Lipinski definition) is 3. The van der Waals surface area contributed by atoms with Crippen LogP contribution in [0.1, 0.15) is 33.6 Å². The highest BCUT2D eigenvalue weighted by molar-refractivity contribution is 7.87. The Morgan fingerprint density at radius 2 is 1.84 bits per heavy atom. The Labute approximate surface area is 112 Å². The van der Waals surface area contributed by atoms with Gasteiger partial charge in [0, 0.05) is 12.5 Å². The maximum atomic E-state index is 11.5. The highest BCUT2D eigenvalue weighted by Gasteiger charge is 2.25. The molecule has 0 aromatic rings. The van der Waals surface area contributed by atoms with Crippen LogP contribution in [-0.2, 0) is 24.5 Å². The normalized spacial score (nSPS) is 13.3. The first-order valence-corrected chi connectivity index (χ1v) is 7.34. The summed E-state index contributed by atoms with van der Waals surface area (Å²) in [6.45, 7) is 5.03. The van der Waals surface area contributed by atoms with Crippen molar-refractivity contribution in [3.8, 4) is 0 Å². The van der Waals surface area contributed by atoms with Gasteiger partial charge in [0.25, 0.3) is 10.2 Å². The van der Waals surface area contributed by atoms with Gasteiger partial charge in [-0.2, -0.15) is 17.9 Å². The number of aliphatic carboxylic acids is 1. The molecule has 0 unspecified atom stereocenters. The van der Waals surface area contributed by atoms with Crippen LogP contribution >= 0.6 is 0 Å². The van der Waals surface area contributed by atoms with E-state index in [9.17, 15) is 18.0 Å². The highest BCUT2D eigenvalue weighted by atomic mass is 32.2. The molecule has 112 valence electrons. The van der Waals surface area contributed by atoms with Gasteiger partial charge in [0.2, 0.25) is 0 Å². The van der Waals surface area contributed by atoms with Crippen LogP contribution in [0.4, 0.5) is 0 Å². The van der Waals surface area contributed by atoms with Gasteiger partial charge in [0.1, 0.15) is 6.04 Å². The molecule has 0 saturated heterocycles. The fourth-order valence-electron chi connectivity index (χ4n) is 1.26. The molecule has 0 saturated carbocycles. The van der Waals surface area contributed by atoms with E-state index in [0.29, 0.717) is 0 Å². The van der Waals surface area contributed by atoms with Gasteiger partial charge in [-0.05, 0) is 27.2 Å². The predicted molar refractivity (Wildman–Crippen MR) is 67.6 cm³/mol. The van der Waals surface area contributed by atoms with Crippen molar-refractivity contribution in [3.05, 3.63) is 0 Å². The Bertz CT molecular complexity index is 406. The molecule has 0 fully saturated rings. The van der Waals surface area contributed by atoms with Crippen molar-refractivity contribution in [2.75, 3.05) is 6.61 Å². The van der Waals surface area contributed by atoms with Gasteiger partial charge in [-0.15, -0.1) is 0 Å². The van der Waals surface area contributed by atoms with Gasteiger partial charge in [-0.3, -0.25) is 9.59 Å². The molecular weight excluding hydrogens is 276 g/mol. The van der Waals surface area contributed by atoms with Crippen molar-refractivity contribution in [3.63, 3.8) is 0 Å². The van der Waals surface area contributed by atoms with E-state index in [2.05, 4.69) is 9.46 Å². The predicted octanol–water partition coefficient (Wildman–Crippen LogP) is -0.385. The zero-order valence-corrected chi connectivity index (χ0v) is 12.0. The van der Waals surface area contributed by atoms with Crippen molar-refractivity contribution in [2.45, 2.75) is 45.7 Å². The van der Waals surface area contributed by atoms with Crippen LogP contribution in [-0.4, -0.2) is 44.2 Å². The Morgan fingerprint density at radius 3 is 2.26 bits per heavy atom. The average molecular weight is 296 g/mol. The first-order chi connectivity index (χ1) is 8.68. The van der Waals surface area contributed by atoms with Crippen LogP contribution in [0.15, 0.2) is 0 Å². The van der Waals surface area contributed by atoms with Gasteiger partial charge in [0.15, 0.2) is 0 Å². The van der Waals surface area contributed by atoms with E-state index in [1.807, 2.05) is 4.72 Å². The third kappa shape index (κ3) is 8.51. The second-order valence-electron chi connectivity index (χ2n) is 4.13. The smallest absolute Gasteiger partial charge is 0.321 e. The largest absolute Gasteiger partial charge is 0.480 e. The molecule has 0 spiro atoms. The zero-order valence-electron chi connectivity index (χ0n) is 11.2. The van der Waals surface area contributed by atoms with E-state index >= 15 is 0 Å². The molecule has 0 aromatic carbocycles. The molecule has 1 atom stereocenters. The summed E-state index contributed by atoms with van der Waals surface area (Å²) >= 11 is 0. The number of rotatable bonds is 9. The summed E-state index contributed by atoms with van der Waals surface area (Å²) in [5.74, 6) is -1.91. The minimum atomic E-state index is -3.92. The minimum absolute atomic E-state index is 0.172. The number of carboxylic acid groups (broad SMARTS) is 1. The van der Waals surface area contributed by atoms with Crippen LogP contribution in [0.5, 0.6) is 0 Å². The lowest BCUT2D eigenvalue weighted by Crippen LogP contribution is -2.48. The fraction of sp³-hybridized carbons (Fsp3) is 0.800. The summed E-state index contributed by atoms with van der Waals surface area (Å²) in [5.41, 5.74) is 0. The molecular formula is C10H20N2O6S. The summed E-state index contributed by atoms with van der Waals surface area (Å²) in [6.07, 6.45) is -0.345. The molecule has 0 amide bonds. The molecule has 0 aliphatic carbocycles. The molecule has 3 N–H and O–H groups in total. The van der Waals surface area contributed by atoms with Crippen LogP contribution in [0.3, 0.4) is 0 Å². The Balaban J connectivity index is 4.50. The third-order valence-corrected chi connectivity index (χ3v) is 3.31. The van der Waals surface area contributed by atoms with Crippen LogP contribution in [0.25, 0.3) is 0 Å². The Hall–Kier alpha value is -1.19. The number of carboxylic acids is 1. The molecule has 19 heavy (non-hydrogen) atoms. The summed E-state index contributed by atoms with van der Waals surface area (Å²) in [7, 11) is -3.92. The number of nitrogens with one attached hydrogen (secondary N) is 2. The quantitative estimate of drug-likeness (QED) is 0.498. The molecule has 0 rings (SSSR count). The molecule has 0 heterocycles. The minimum Gasteiger partial charge on any atom is -0.480 e. The summed E-state index contributed by atoms with van der Waals surface area (Å²) in [4.78, 5) is 22.0. The number of ether oxygens (including phenoxy) is 1. The second-order valence-corrected chi connectivity index (χ2v) is 5.61. The lowest BCUT2D eigenvalue weighted by atomic mass is 10.2. The van der Waals surface area contributed by atoms with Crippen LogP contribution in [0.2, 0.25) is 0 Å². The Morgan fingerprint density at radius 1 is 1.26 bits per heavy atom. The monoisotopic (exact) mass is 296 g/mol. The lowest BCUT2D eigenvalue weighted by Gasteiger charge is -2.16. The molecule has 0 bridgehead atoms. The summed E-state index contributed by atoms with van der Waals surface area (Å²) in [5, 5.41) is 8.91. The Kier molecular flexibility index (Phi) is 7.57. The zero-order chi connectivity index (χ0) is 15.1.